The Bertz CT molecular complexity index is 318. The number of allylic oxidation sites excluding steroid dienone is 3. The van der Waals surface area contributed by atoms with E-state index in [1.165, 1.54) is 5.57 Å². The van der Waals surface area contributed by atoms with Crippen LogP contribution in [0.3, 0.4) is 0 Å². The zero-order chi connectivity index (χ0) is 11.4. The number of rotatable bonds is 3. The van der Waals surface area contributed by atoms with E-state index in [0.29, 0.717) is 5.92 Å². The molecule has 1 spiro atoms. The van der Waals surface area contributed by atoms with Crippen molar-refractivity contribution < 1.29 is 9.47 Å². The van der Waals surface area contributed by atoms with Gasteiger partial charge in [-0.15, -0.1) is 5.73 Å². The summed E-state index contributed by atoms with van der Waals surface area (Å²) in [4.78, 5) is 0. The minimum absolute atomic E-state index is 0.285. The normalized spacial score (nSPS) is 27.7. The molecule has 1 saturated heterocycles. The average molecular weight is 220 g/mol. The highest BCUT2D eigenvalue weighted by atomic mass is 16.7. The molecule has 2 aliphatic rings. The molecule has 1 saturated carbocycles. The van der Waals surface area contributed by atoms with Crippen molar-refractivity contribution in [2.45, 2.75) is 38.4 Å². The molecule has 0 aromatic heterocycles. The van der Waals surface area contributed by atoms with Gasteiger partial charge in [0.1, 0.15) is 0 Å². The zero-order valence-corrected chi connectivity index (χ0v) is 10.00. The average Bonchev–Trinajstić information content (AvgIpc) is 2.92. The lowest BCUT2D eigenvalue weighted by Crippen LogP contribution is -2.26. The molecule has 2 heteroatoms. The molecule has 0 aromatic carbocycles. The van der Waals surface area contributed by atoms with Gasteiger partial charge in [0.25, 0.3) is 0 Å². The summed E-state index contributed by atoms with van der Waals surface area (Å²) in [6.07, 6.45) is 8.43. The van der Waals surface area contributed by atoms with E-state index in [-0.39, 0.29) is 5.79 Å². The molecule has 0 aromatic rings. The lowest BCUT2D eigenvalue weighted by molar-refractivity contribution is -0.151. The first-order valence-corrected chi connectivity index (χ1v) is 6.14. The van der Waals surface area contributed by atoms with Crippen LogP contribution in [-0.4, -0.2) is 19.0 Å². The smallest absolute Gasteiger partial charge is 0.169 e. The maximum Gasteiger partial charge on any atom is 0.169 e. The van der Waals surface area contributed by atoms with Gasteiger partial charge in [-0.25, -0.2) is 0 Å². The number of ether oxygens (including phenoxy) is 2. The topological polar surface area (TPSA) is 18.5 Å². The molecule has 2 fully saturated rings. The monoisotopic (exact) mass is 220 g/mol. The van der Waals surface area contributed by atoms with Crippen LogP contribution >= 0.6 is 0 Å². The summed E-state index contributed by atoms with van der Waals surface area (Å²) in [5.41, 5.74) is 4.26. The van der Waals surface area contributed by atoms with E-state index in [1.54, 1.807) is 0 Å². The maximum atomic E-state index is 5.72. The Balaban J connectivity index is 2.02. The van der Waals surface area contributed by atoms with Crippen LogP contribution in [0.5, 0.6) is 0 Å². The summed E-state index contributed by atoms with van der Waals surface area (Å²) < 4.78 is 11.4. The van der Waals surface area contributed by atoms with Gasteiger partial charge in [-0.2, -0.15) is 0 Å². The van der Waals surface area contributed by atoms with E-state index in [2.05, 4.69) is 31.4 Å². The third-order valence-electron chi connectivity index (χ3n) is 3.42. The Morgan fingerprint density at radius 3 is 2.88 bits per heavy atom. The van der Waals surface area contributed by atoms with Crippen LogP contribution in [0.2, 0.25) is 0 Å². The Hall–Kier alpha value is -0.820. The lowest BCUT2D eigenvalue weighted by atomic mass is 9.97. The molecule has 2 rings (SSSR count). The molecule has 0 bridgehead atoms. The van der Waals surface area contributed by atoms with Gasteiger partial charge in [0.2, 0.25) is 0 Å². The van der Waals surface area contributed by atoms with Crippen LogP contribution in [0.15, 0.2) is 30.0 Å². The van der Waals surface area contributed by atoms with Gasteiger partial charge in [-0.05, 0) is 24.3 Å². The van der Waals surface area contributed by atoms with E-state index >= 15 is 0 Å². The largest absolute Gasteiger partial charge is 0.348 e. The first-order valence-electron chi connectivity index (χ1n) is 6.14. The Morgan fingerprint density at radius 2 is 2.25 bits per heavy atom. The van der Waals surface area contributed by atoms with Crippen LogP contribution in [0.4, 0.5) is 0 Å². The molecular formula is C14H20O2. The van der Waals surface area contributed by atoms with Crippen molar-refractivity contribution in [1.82, 2.24) is 0 Å². The van der Waals surface area contributed by atoms with Gasteiger partial charge in [-0.3, -0.25) is 0 Å². The van der Waals surface area contributed by atoms with Crippen LogP contribution in [0.25, 0.3) is 0 Å². The molecule has 0 amide bonds. The third-order valence-corrected chi connectivity index (χ3v) is 3.42. The van der Waals surface area contributed by atoms with E-state index in [9.17, 15) is 0 Å². The molecule has 0 radical (unpaired) electrons. The second-order valence-corrected chi connectivity index (χ2v) is 4.49. The first kappa shape index (κ1) is 11.7. The summed E-state index contributed by atoms with van der Waals surface area (Å²) in [5, 5.41) is 0. The standard InChI is InChI=1S/C14H20O2/c1-3-5-6-12(4-2)13-7-8-14(11-13)15-9-10-16-14/h5-6,13H,2-3,7-11H2,1H3/b6-5-. The van der Waals surface area contributed by atoms with Crippen molar-refractivity contribution in [3.63, 3.8) is 0 Å². The zero-order valence-electron chi connectivity index (χ0n) is 10.00. The van der Waals surface area contributed by atoms with Crippen molar-refractivity contribution in [2.24, 2.45) is 5.92 Å². The van der Waals surface area contributed by atoms with Crippen molar-refractivity contribution in [1.29, 1.82) is 0 Å². The Kier molecular flexibility index (Phi) is 3.65. The second-order valence-electron chi connectivity index (χ2n) is 4.49. The minimum Gasteiger partial charge on any atom is -0.348 e. The SMILES string of the molecule is C=C=C(/C=C\CC)C1CCC2(C1)OCCO2. The van der Waals surface area contributed by atoms with E-state index in [1.807, 2.05) is 0 Å². The number of hydrogen-bond acceptors (Lipinski definition) is 2. The van der Waals surface area contributed by atoms with E-state index in [0.717, 1.165) is 38.9 Å². The van der Waals surface area contributed by atoms with Gasteiger partial charge < -0.3 is 9.47 Å². The minimum atomic E-state index is -0.285. The van der Waals surface area contributed by atoms with Gasteiger partial charge in [0.15, 0.2) is 5.79 Å². The quantitative estimate of drug-likeness (QED) is 0.537. The molecule has 1 heterocycles. The fraction of sp³-hybridized carbons (Fsp3) is 0.643. The number of hydrogen-bond donors (Lipinski definition) is 0. The molecule has 1 unspecified atom stereocenters. The predicted octanol–water partition coefficient (Wildman–Crippen LogP) is 3.21. The highest BCUT2D eigenvalue weighted by molar-refractivity contribution is 5.22. The summed E-state index contributed by atoms with van der Waals surface area (Å²) in [5.74, 6) is 0.214. The Labute approximate surface area is 97.6 Å². The predicted molar refractivity (Wildman–Crippen MR) is 64.1 cm³/mol. The van der Waals surface area contributed by atoms with Crippen molar-refractivity contribution >= 4 is 0 Å². The molecule has 0 N–H and O–H groups in total. The second kappa shape index (κ2) is 5.01. The molecule has 16 heavy (non-hydrogen) atoms. The summed E-state index contributed by atoms with van der Waals surface area (Å²) in [7, 11) is 0. The van der Waals surface area contributed by atoms with Crippen LogP contribution in [0, 0.1) is 5.92 Å². The molecule has 1 aliphatic carbocycles. The van der Waals surface area contributed by atoms with Gasteiger partial charge in [0.05, 0.1) is 13.2 Å². The molecular weight excluding hydrogens is 200 g/mol. The molecule has 1 atom stereocenters. The third kappa shape index (κ3) is 2.30. The highest BCUT2D eigenvalue weighted by Gasteiger charge is 2.44. The van der Waals surface area contributed by atoms with E-state index in [4.69, 9.17) is 9.47 Å². The van der Waals surface area contributed by atoms with Crippen molar-refractivity contribution in [3.05, 3.63) is 30.0 Å². The highest BCUT2D eigenvalue weighted by Crippen LogP contribution is 2.43. The van der Waals surface area contributed by atoms with Crippen LogP contribution < -0.4 is 0 Å². The van der Waals surface area contributed by atoms with Gasteiger partial charge in [-0.1, -0.05) is 25.7 Å². The fourth-order valence-electron chi connectivity index (χ4n) is 2.58. The lowest BCUT2D eigenvalue weighted by Gasteiger charge is -2.21. The fourth-order valence-corrected chi connectivity index (χ4v) is 2.58. The molecule has 88 valence electrons. The van der Waals surface area contributed by atoms with Crippen LogP contribution in [0.1, 0.15) is 32.6 Å². The Morgan fingerprint density at radius 1 is 1.50 bits per heavy atom. The summed E-state index contributed by atoms with van der Waals surface area (Å²) in [6.45, 7) is 7.40. The van der Waals surface area contributed by atoms with Gasteiger partial charge >= 0.3 is 0 Å². The summed E-state index contributed by atoms with van der Waals surface area (Å²) >= 11 is 0. The maximum absolute atomic E-state index is 5.72. The van der Waals surface area contributed by atoms with E-state index < -0.39 is 0 Å². The van der Waals surface area contributed by atoms with Crippen molar-refractivity contribution in [3.8, 4) is 0 Å². The van der Waals surface area contributed by atoms with Crippen molar-refractivity contribution in [2.75, 3.05) is 13.2 Å². The van der Waals surface area contributed by atoms with Crippen LogP contribution in [-0.2, 0) is 9.47 Å². The first-order chi connectivity index (χ1) is 7.79. The summed E-state index contributed by atoms with van der Waals surface area (Å²) in [6, 6.07) is 0. The molecule has 1 aliphatic heterocycles. The van der Waals surface area contributed by atoms with Gasteiger partial charge in [0, 0.05) is 12.8 Å². The molecule has 2 nitrogen and oxygen atoms in total.